The first-order valence-electron chi connectivity index (χ1n) is 5.64. The first-order chi connectivity index (χ1) is 9.38. The molecular weight excluding hydrogens is 394 g/mol. The maximum Gasteiger partial charge on any atom is 0.274 e. The van der Waals surface area contributed by atoms with Gasteiger partial charge >= 0.3 is 0 Å². The number of nitro benzene ring substituents is 1. The van der Waals surface area contributed by atoms with Gasteiger partial charge in [0, 0.05) is 17.6 Å². The molecule has 0 bridgehead atoms. The number of hydrogen-bond donors (Lipinski definition) is 0. The molecule has 0 aliphatic carbocycles. The molecule has 20 heavy (non-hydrogen) atoms. The molecule has 2 rings (SSSR count). The van der Waals surface area contributed by atoms with Crippen molar-refractivity contribution >= 4 is 37.5 Å². The van der Waals surface area contributed by atoms with Gasteiger partial charge in [0.2, 0.25) is 0 Å². The summed E-state index contributed by atoms with van der Waals surface area (Å²) < 4.78 is 8.81. The second-order valence-corrected chi connectivity index (χ2v) is 5.87. The fourth-order valence-electron chi connectivity index (χ4n) is 1.73. The molecule has 106 valence electrons. The Balaban J connectivity index is 2.21. The maximum absolute atomic E-state index is 10.8. The van der Waals surface area contributed by atoms with Crippen LogP contribution in [-0.4, -0.2) is 14.7 Å². The Morgan fingerprint density at radius 2 is 2.10 bits per heavy atom. The molecule has 0 atom stereocenters. The van der Waals surface area contributed by atoms with Gasteiger partial charge in [0.05, 0.1) is 26.9 Å². The second-order valence-electron chi connectivity index (χ2n) is 4.16. The highest BCUT2D eigenvalue weighted by Crippen LogP contribution is 2.28. The van der Waals surface area contributed by atoms with E-state index in [4.69, 9.17) is 4.74 Å². The summed E-state index contributed by atoms with van der Waals surface area (Å²) in [6, 6.07) is 4.50. The zero-order valence-corrected chi connectivity index (χ0v) is 13.9. The Labute approximate surface area is 132 Å². The highest BCUT2D eigenvalue weighted by molar-refractivity contribution is 9.10. The Hall–Kier alpha value is -1.41. The van der Waals surface area contributed by atoms with E-state index in [1.165, 1.54) is 12.1 Å². The number of benzene rings is 1. The van der Waals surface area contributed by atoms with Crippen LogP contribution in [0, 0.1) is 17.0 Å². The smallest absolute Gasteiger partial charge is 0.274 e. The Morgan fingerprint density at radius 3 is 2.65 bits per heavy atom. The molecule has 8 heteroatoms. The minimum Gasteiger partial charge on any atom is -0.487 e. The van der Waals surface area contributed by atoms with Crippen LogP contribution >= 0.6 is 31.9 Å². The maximum atomic E-state index is 10.8. The van der Waals surface area contributed by atoms with E-state index in [-0.39, 0.29) is 12.3 Å². The largest absolute Gasteiger partial charge is 0.487 e. The molecule has 1 heterocycles. The van der Waals surface area contributed by atoms with E-state index in [1.54, 1.807) is 10.7 Å². The van der Waals surface area contributed by atoms with Crippen molar-refractivity contribution in [2.45, 2.75) is 13.5 Å². The molecule has 0 fully saturated rings. The van der Waals surface area contributed by atoms with Gasteiger partial charge in [0.1, 0.15) is 12.4 Å². The molecular formula is C12H11Br2N3O3. The van der Waals surface area contributed by atoms with Crippen molar-refractivity contribution in [2.75, 3.05) is 0 Å². The van der Waals surface area contributed by atoms with Crippen LogP contribution in [0.3, 0.4) is 0 Å². The minimum atomic E-state index is -0.457. The first-order valence-corrected chi connectivity index (χ1v) is 7.23. The van der Waals surface area contributed by atoms with Crippen LogP contribution in [0.5, 0.6) is 5.75 Å². The van der Waals surface area contributed by atoms with Gasteiger partial charge in [-0.25, -0.2) is 0 Å². The Morgan fingerprint density at radius 1 is 1.40 bits per heavy atom. The van der Waals surface area contributed by atoms with E-state index in [0.717, 1.165) is 15.9 Å². The molecule has 0 aliphatic heterocycles. The molecule has 6 nitrogen and oxygen atoms in total. The van der Waals surface area contributed by atoms with Gasteiger partial charge in [0.25, 0.3) is 5.69 Å². The average Bonchev–Trinajstić information content (AvgIpc) is 2.60. The molecule has 1 aromatic carbocycles. The van der Waals surface area contributed by atoms with Gasteiger partial charge in [-0.1, -0.05) is 15.9 Å². The first kappa shape index (κ1) is 15.0. The van der Waals surface area contributed by atoms with Crippen LogP contribution in [0.4, 0.5) is 5.69 Å². The molecule has 0 radical (unpaired) electrons. The van der Waals surface area contributed by atoms with Crippen LogP contribution in [0.2, 0.25) is 0 Å². The van der Waals surface area contributed by atoms with Crippen molar-refractivity contribution < 1.29 is 9.66 Å². The van der Waals surface area contributed by atoms with Gasteiger partial charge in [-0.15, -0.1) is 0 Å². The molecule has 0 aliphatic rings. The molecule has 0 unspecified atom stereocenters. The number of non-ortho nitro benzene ring substituents is 1. The lowest BCUT2D eigenvalue weighted by atomic mass is 10.3. The van der Waals surface area contributed by atoms with Crippen molar-refractivity contribution in [1.82, 2.24) is 9.78 Å². The number of ether oxygens (including phenoxy) is 1. The van der Waals surface area contributed by atoms with E-state index in [9.17, 15) is 10.1 Å². The zero-order valence-electron chi connectivity index (χ0n) is 10.8. The second kappa shape index (κ2) is 5.92. The molecule has 0 amide bonds. The summed E-state index contributed by atoms with van der Waals surface area (Å²) in [7, 11) is 1.82. The van der Waals surface area contributed by atoms with Gasteiger partial charge in [-0.3, -0.25) is 14.8 Å². The average molecular weight is 405 g/mol. The number of nitrogens with zero attached hydrogens (tertiary/aromatic N) is 3. The molecule has 2 aromatic rings. The van der Waals surface area contributed by atoms with Gasteiger partial charge in [-0.2, -0.15) is 5.10 Å². The number of aryl methyl sites for hydroxylation is 2. The van der Waals surface area contributed by atoms with Crippen LogP contribution < -0.4 is 4.74 Å². The third-order valence-corrected chi connectivity index (χ3v) is 4.19. The standard InChI is InChI=1S/C12H11Br2N3O3/c1-7-12(14)11(16(2)15-7)6-20-10-4-8(13)3-9(5-10)17(18)19/h3-5H,6H2,1-2H3. The molecule has 0 saturated carbocycles. The molecule has 0 spiro atoms. The normalized spacial score (nSPS) is 10.6. The summed E-state index contributed by atoms with van der Waals surface area (Å²) in [5.74, 6) is 0.428. The predicted octanol–water partition coefficient (Wildman–Crippen LogP) is 3.74. The van der Waals surface area contributed by atoms with E-state index in [1.807, 2.05) is 14.0 Å². The minimum absolute atomic E-state index is 0.0189. The lowest BCUT2D eigenvalue weighted by Crippen LogP contribution is -2.04. The summed E-state index contributed by atoms with van der Waals surface area (Å²) >= 11 is 6.68. The lowest BCUT2D eigenvalue weighted by Gasteiger charge is -2.07. The van der Waals surface area contributed by atoms with E-state index >= 15 is 0 Å². The third kappa shape index (κ3) is 3.18. The van der Waals surface area contributed by atoms with E-state index < -0.39 is 4.92 Å². The van der Waals surface area contributed by atoms with Crippen LogP contribution in [0.1, 0.15) is 11.4 Å². The summed E-state index contributed by atoms with van der Waals surface area (Å²) in [6.07, 6.45) is 0. The molecule has 1 aromatic heterocycles. The van der Waals surface area contributed by atoms with Crippen LogP contribution in [0.15, 0.2) is 27.1 Å². The lowest BCUT2D eigenvalue weighted by molar-refractivity contribution is -0.385. The third-order valence-electron chi connectivity index (χ3n) is 2.70. The van der Waals surface area contributed by atoms with Crippen molar-refractivity contribution in [2.24, 2.45) is 7.05 Å². The highest BCUT2D eigenvalue weighted by Gasteiger charge is 2.13. The van der Waals surface area contributed by atoms with E-state index in [2.05, 4.69) is 37.0 Å². The summed E-state index contributed by atoms with van der Waals surface area (Å²) in [5.41, 5.74) is 1.71. The number of aromatic nitrogens is 2. The quantitative estimate of drug-likeness (QED) is 0.574. The van der Waals surface area contributed by atoms with Crippen molar-refractivity contribution in [3.05, 3.63) is 48.6 Å². The number of nitro groups is 1. The van der Waals surface area contributed by atoms with Gasteiger partial charge < -0.3 is 4.74 Å². The molecule has 0 saturated heterocycles. The highest BCUT2D eigenvalue weighted by atomic mass is 79.9. The SMILES string of the molecule is Cc1nn(C)c(COc2cc(Br)cc([N+](=O)[O-])c2)c1Br. The fraction of sp³-hybridized carbons (Fsp3) is 0.250. The number of halogens is 2. The summed E-state index contributed by atoms with van der Waals surface area (Å²) in [6.45, 7) is 2.16. The predicted molar refractivity (Wildman–Crippen MR) is 80.8 cm³/mol. The number of hydrogen-bond acceptors (Lipinski definition) is 4. The summed E-state index contributed by atoms with van der Waals surface area (Å²) in [4.78, 5) is 10.3. The summed E-state index contributed by atoms with van der Waals surface area (Å²) in [5, 5.41) is 15.1. The number of rotatable bonds is 4. The van der Waals surface area contributed by atoms with Crippen molar-refractivity contribution in [3.63, 3.8) is 0 Å². The molecule has 0 N–H and O–H groups in total. The van der Waals surface area contributed by atoms with Crippen molar-refractivity contribution in [3.8, 4) is 5.75 Å². The monoisotopic (exact) mass is 403 g/mol. The zero-order chi connectivity index (χ0) is 14.9. The Bertz CT molecular complexity index is 670. The topological polar surface area (TPSA) is 70.2 Å². The van der Waals surface area contributed by atoms with Crippen LogP contribution in [-0.2, 0) is 13.7 Å². The van der Waals surface area contributed by atoms with Crippen LogP contribution in [0.25, 0.3) is 0 Å². The van der Waals surface area contributed by atoms with E-state index in [0.29, 0.717) is 10.2 Å². The van der Waals surface area contributed by atoms with Gasteiger partial charge in [-0.05, 0) is 28.9 Å². The van der Waals surface area contributed by atoms with Crippen molar-refractivity contribution in [1.29, 1.82) is 0 Å². The Kier molecular flexibility index (Phi) is 4.44. The van der Waals surface area contributed by atoms with Gasteiger partial charge in [0.15, 0.2) is 0 Å². The fourth-order valence-corrected chi connectivity index (χ4v) is 2.64.